The minimum Gasteiger partial charge on any atom is -0.726 e. The Labute approximate surface area is 145 Å². The van der Waals surface area contributed by atoms with E-state index in [9.17, 15) is 23.2 Å². The summed E-state index contributed by atoms with van der Waals surface area (Å²) in [5.41, 5.74) is 0. The van der Waals surface area contributed by atoms with Crippen molar-refractivity contribution in [3.8, 4) is 0 Å². The van der Waals surface area contributed by atoms with Crippen molar-refractivity contribution in [3.05, 3.63) is 0 Å². The van der Waals surface area contributed by atoms with Crippen molar-refractivity contribution in [1.29, 1.82) is 0 Å². The molecule has 120 valence electrons. The molecule has 1 fully saturated rings. The van der Waals surface area contributed by atoms with E-state index in [4.69, 9.17) is 14.6 Å². The fourth-order valence-corrected chi connectivity index (χ4v) is 2.23. The summed E-state index contributed by atoms with van der Waals surface area (Å²) < 4.78 is 46.3. The van der Waals surface area contributed by atoms with E-state index in [2.05, 4.69) is 4.18 Å². The second-order valence-electron chi connectivity index (χ2n) is 4.90. The van der Waals surface area contributed by atoms with Crippen LogP contribution in [-0.4, -0.2) is 72.2 Å². The predicted molar refractivity (Wildman–Crippen MR) is 63.1 cm³/mol. The van der Waals surface area contributed by atoms with Crippen LogP contribution in [0, 0.1) is 5.92 Å². The number of aliphatic hydroxyl groups excluding tert-OH is 3. The number of rotatable bonds is 6. The van der Waals surface area contributed by atoms with Gasteiger partial charge in [-0.3, -0.25) is 4.18 Å². The van der Waals surface area contributed by atoms with Gasteiger partial charge in [0.1, 0.15) is 24.4 Å². The Morgan fingerprint density at radius 1 is 1.29 bits per heavy atom. The molecule has 5 atom stereocenters. The normalized spacial score (nSPS) is 33.8. The summed E-state index contributed by atoms with van der Waals surface area (Å²) in [4.78, 5) is 0. The minimum atomic E-state index is -5.14. The maximum Gasteiger partial charge on any atom is 1.00 e. The van der Waals surface area contributed by atoms with Crippen LogP contribution in [0.5, 0.6) is 0 Å². The molecule has 11 heteroatoms. The van der Waals surface area contributed by atoms with Crippen molar-refractivity contribution in [2.24, 2.45) is 5.92 Å². The van der Waals surface area contributed by atoms with Gasteiger partial charge in [0.15, 0.2) is 6.29 Å². The topological polar surface area (TPSA) is 146 Å². The van der Waals surface area contributed by atoms with E-state index in [1.807, 2.05) is 13.8 Å². The molecule has 21 heavy (non-hydrogen) atoms. The zero-order valence-corrected chi connectivity index (χ0v) is 14.9. The van der Waals surface area contributed by atoms with Crippen molar-refractivity contribution in [3.63, 3.8) is 0 Å². The molecular weight excluding hydrogens is 319 g/mol. The van der Waals surface area contributed by atoms with Gasteiger partial charge in [-0.2, -0.15) is 0 Å². The molecule has 0 saturated carbocycles. The molecule has 0 aliphatic carbocycles. The molecule has 1 rings (SSSR count). The van der Waals surface area contributed by atoms with Crippen LogP contribution < -0.4 is 29.6 Å². The summed E-state index contributed by atoms with van der Waals surface area (Å²) in [6.07, 6.45) is -7.68. The maximum atomic E-state index is 10.6. The molecule has 0 radical (unpaired) electrons. The number of aliphatic hydroxyl groups is 3. The molecule has 1 aliphatic heterocycles. The van der Waals surface area contributed by atoms with Gasteiger partial charge in [-0.25, -0.2) is 8.42 Å². The molecule has 9 nitrogen and oxygen atoms in total. The molecule has 0 aromatic heterocycles. The SMILES string of the molecule is CC(C)CO[C@@H]1O[C@H](CO)[C@H](O)[C@H](OS(=O)(=O)[O-])[C@H]1O.[Na+]. The predicted octanol–water partition coefficient (Wildman–Crippen LogP) is -5.05. The molecule has 0 amide bonds. The van der Waals surface area contributed by atoms with Crippen molar-refractivity contribution in [2.45, 2.75) is 44.6 Å². The fraction of sp³-hybridized carbons (Fsp3) is 1.00. The van der Waals surface area contributed by atoms with Gasteiger partial charge in [-0.15, -0.1) is 0 Å². The van der Waals surface area contributed by atoms with Gasteiger partial charge in [0.2, 0.25) is 10.4 Å². The number of hydrogen-bond donors (Lipinski definition) is 3. The molecule has 0 aromatic carbocycles. The molecule has 1 saturated heterocycles. The van der Waals surface area contributed by atoms with Crippen LogP contribution >= 0.6 is 0 Å². The van der Waals surface area contributed by atoms with Gasteiger partial charge in [0, 0.05) is 0 Å². The first-order valence-corrected chi connectivity index (χ1v) is 7.37. The van der Waals surface area contributed by atoms with Crippen LogP contribution in [0.15, 0.2) is 0 Å². The van der Waals surface area contributed by atoms with Gasteiger partial charge in [-0.05, 0) is 5.92 Å². The van der Waals surface area contributed by atoms with Gasteiger partial charge in [-0.1, -0.05) is 13.8 Å². The quantitative estimate of drug-likeness (QED) is 0.246. The van der Waals surface area contributed by atoms with Crippen LogP contribution in [0.4, 0.5) is 0 Å². The Balaban J connectivity index is 0.00000400. The standard InChI is InChI=1S/C10H20O9S.Na/c1-5(2)4-17-10-8(13)9(19-20(14,15)16)7(12)6(3-11)18-10;/h5-13H,3-4H2,1-2H3,(H,14,15,16);/q;+1/p-1/t6-,7+,8-,9+,10-;/m1./s1. The maximum absolute atomic E-state index is 10.6. The summed E-state index contributed by atoms with van der Waals surface area (Å²) in [5, 5.41) is 28.7. The fourth-order valence-electron chi connectivity index (χ4n) is 1.73. The summed E-state index contributed by atoms with van der Waals surface area (Å²) in [6.45, 7) is 3.20. The molecule has 0 bridgehead atoms. The Hall–Kier alpha value is 0.670. The Morgan fingerprint density at radius 3 is 2.29 bits per heavy atom. The zero-order valence-electron chi connectivity index (χ0n) is 12.1. The Morgan fingerprint density at radius 2 is 1.86 bits per heavy atom. The summed E-state index contributed by atoms with van der Waals surface area (Å²) in [6, 6.07) is 0. The van der Waals surface area contributed by atoms with E-state index in [0.29, 0.717) is 0 Å². The molecule has 0 unspecified atom stereocenters. The molecular formula is C10H19NaO9S. The van der Waals surface area contributed by atoms with Gasteiger partial charge in [0.25, 0.3) is 0 Å². The molecule has 0 spiro atoms. The van der Waals surface area contributed by atoms with Crippen molar-refractivity contribution < 1.29 is 71.5 Å². The van der Waals surface area contributed by atoms with Gasteiger partial charge in [0.05, 0.1) is 13.2 Å². The first-order chi connectivity index (χ1) is 9.15. The smallest absolute Gasteiger partial charge is 0.726 e. The first-order valence-electron chi connectivity index (χ1n) is 6.04. The van der Waals surface area contributed by atoms with E-state index in [1.165, 1.54) is 0 Å². The molecule has 1 heterocycles. The van der Waals surface area contributed by atoms with E-state index < -0.39 is 47.7 Å². The van der Waals surface area contributed by atoms with Crippen molar-refractivity contribution in [1.82, 2.24) is 0 Å². The monoisotopic (exact) mass is 338 g/mol. The third-order valence-electron chi connectivity index (χ3n) is 2.64. The molecule has 3 N–H and O–H groups in total. The summed E-state index contributed by atoms with van der Waals surface area (Å²) >= 11 is 0. The largest absolute Gasteiger partial charge is 1.00 e. The van der Waals surface area contributed by atoms with E-state index >= 15 is 0 Å². The van der Waals surface area contributed by atoms with Crippen LogP contribution in [0.3, 0.4) is 0 Å². The van der Waals surface area contributed by atoms with Gasteiger partial charge < -0.3 is 29.3 Å². The zero-order chi connectivity index (χ0) is 15.5. The Kier molecular flexibility index (Phi) is 9.37. The second-order valence-corrected chi connectivity index (χ2v) is 5.91. The first kappa shape index (κ1) is 21.7. The van der Waals surface area contributed by atoms with Crippen LogP contribution in [-0.2, 0) is 24.1 Å². The molecule has 0 aromatic rings. The Bertz CT molecular complexity index is 401. The third kappa shape index (κ3) is 6.75. The van der Waals surface area contributed by atoms with Crippen molar-refractivity contribution in [2.75, 3.05) is 13.2 Å². The van der Waals surface area contributed by atoms with E-state index in [1.54, 1.807) is 0 Å². The number of ether oxygens (including phenoxy) is 2. The summed E-state index contributed by atoms with van der Waals surface area (Å²) in [5.74, 6) is 0.104. The average molecular weight is 338 g/mol. The third-order valence-corrected chi connectivity index (χ3v) is 3.10. The van der Waals surface area contributed by atoms with Crippen LogP contribution in [0.1, 0.15) is 13.8 Å². The van der Waals surface area contributed by atoms with E-state index in [-0.39, 0.29) is 42.1 Å². The molecule has 1 aliphatic rings. The van der Waals surface area contributed by atoms with E-state index in [0.717, 1.165) is 0 Å². The van der Waals surface area contributed by atoms with Crippen LogP contribution in [0.2, 0.25) is 0 Å². The van der Waals surface area contributed by atoms with Crippen LogP contribution in [0.25, 0.3) is 0 Å². The van der Waals surface area contributed by atoms with Gasteiger partial charge >= 0.3 is 29.6 Å². The van der Waals surface area contributed by atoms with Crippen molar-refractivity contribution >= 4 is 10.4 Å². The summed E-state index contributed by atoms with van der Waals surface area (Å²) in [7, 11) is -5.14. The average Bonchev–Trinajstić information content (AvgIpc) is 2.32. The number of hydrogen-bond acceptors (Lipinski definition) is 9. The second kappa shape index (κ2) is 9.08. The minimum absolute atomic E-state index is 0.